The van der Waals surface area contributed by atoms with Crippen molar-refractivity contribution in [1.29, 1.82) is 0 Å². The molecule has 0 bridgehead atoms. The van der Waals surface area contributed by atoms with Gasteiger partial charge in [-0.1, -0.05) is 36.7 Å². The molecule has 1 aromatic carbocycles. The molecular weight excluding hydrogens is 208 g/mol. The molecule has 3 heteroatoms. The Labute approximate surface area is 97.0 Å². The predicted molar refractivity (Wildman–Crippen MR) is 66.1 cm³/mol. The molecule has 0 amide bonds. The summed E-state index contributed by atoms with van der Waals surface area (Å²) in [6, 6.07) is 8.38. The van der Waals surface area contributed by atoms with E-state index in [0.29, 0.717) is 12.6 Å². The highest BCUT2D eigenvalue weighted by molar-refractivity contribution is 6.31. The monoisotopic (exact) mass is 226 g/mol. The molecule has 1 aromatic rings. The van der Waals surface area contributed by atoms with E-state index >= 15 is 0 Å². The van der Waals surface area contributed by atoms with Crippen LogP contribution in [0.15, 0.2) is 24.3 Å². The fourth-order valence-corrected chi connectivity index (χ4v) is 1.88. The molecule has 84 valence electrons. The maximum atomic E-state index is 6.10. The van der Waals surface area contributed by atoms with Crippen LogP contribution in [0.5, 0.6) is 0 Å². The summed E-state index contributed by atoms with van der Waals surface area (Å²) >= 11 is 6.10. The second-order valence-electron chi connectivity index (χ2n) is 3.80. The van der Waals surface area contributed by atoms with Crippen LogP contribution in [-0.2, 0) is 6.54 Å². The second-order valence-corrected chi connectivity index (χ2v) is 4.21. The lowest BCUT2D eigenvalue weighted by molar-refractivity contribution is 0.233. The van der Waals surface area contributed by atoms with Gasteiger partial charge in [-0.2, -0.15) is 0 Å². The van der Waals surface area contributed by atoms with Gasteiger partial charge in [-0.05, 0) is 25.1 Å². The van der Waals surface area contributed by atoms with Gasteiger partial charge in [0.1, 0.15) is 0 Å². The van der Waals surface area contributed by atoms with Gasteiger partial charge in [0, 0.05) is 24.2 Å². The van der Waals surface area contributed by atoms with Crippen LogP contribution in [0.25, 0.3) is 0 Å². The van der Waals surface area contributed by atoms with E-state index < -0.39 is 0 Å². The minimum atomic E-state index is 0.432. The largest absolute Gasteiger partial charge is 0.329 e. The Morgan fingerprint density at radius 2 is 2.07 bits per heavy atom. The summed E-state index contributed by atoms with van der Waals surface area (Å²) in [6.07, 6.45) is 1.07. The lowest BCUT2D eigenvalue weighted by Crippen LogP contribution is -2.36. The molecule has 0 aliphatic rings. The van der Waals surface area contributed by atoms with Crippen molar-refractivity contribution in [2.24, 2.45) is 5.73 Å². The Balaban J connectivity index is 2.65. The SMILES string of the molecule is CCC(CN)N(C)Cc1ccccc1Cl. The van der Waals surface area contributed by atoms with Crippen LogP contribution in [0.3, 0.4) is 0 Å². The summed E-state index contributed by atoms with van der Waals surface area (Å²) < 4.78 is 0. The molecule has 2 nitrogen and oxygen atoms in total. The zero-order valence-corrected chi connectivity index (χ0v) is 10.2. The quantitative estimate of drug-likeness (QED) is 0.836. The zero-order chi connectivity index (χ0) is 11.3. The number of hydrogen-bond donors (Lipinski definition) is 1. The third-order valence-electron chi connectivity index (χ3n) is 2.74. The molecule has 0 saturated carbocycles. The van der Waals surface area contributed by atoms with E-state index in [1.165, 1.54) is 0 Å². The fourth-order valence-electron chi connectivity index (χ4n) is 1.68. The average Bonchev–Trinajstić information content (AvgIpc) is 2.23. The maximum Gasteiger partial charge on any atom is 0.0451 e. The van der Waals surface area contributed by atoms with Gasteiger partial charge in [-0.15, -0.1) is 0 Å². The first-order valence-corrected chi connectivity index (χ1v) is 5.70. The van der Waals surface area contributed by atoms with E-state index in [4.69, 9.17) is 17.3 Å². The highest BCUT2D eigenvalue weighted by atomic mass is 35.5. The third-order valence-corrected chi connectivity index (χ3v) is 3.11. The van der Waals surface area contributed by atoms with Crippen molar-refractivity contribution < 1.29 is 0 Å². The van der Waals surface area contributed by atoms with Crippen molar-refractivity contribution in [1.82, 2.24) is 4.90 Å². The molecule has 0 radical (unpaired) electrons. The molecule has 0 aromatic heterocycles. The van der Waals surface area contributed by atoms with E-state index in [-0.39, 0.29) is 0 Å². The second kappa shape index (κ2) is 6.11. The standard InChI is InChI=1S/C12H19ClN2/c1-3-11(8-14)15(2)9-10-6-4-5-7-12(10)13/h4-7,11H,3,8-9,14H2,1-2H3. The molecule has 15 heavy (non-hydrogen) atoms. The first kappa shape index (κ1) is 12.5. The Morgan fingerprint density at radius 3 is 2.60 bits per heavy atom. The van der Waals surface area contributed by atoms with Gasteiger partial charge >= 0.3 is 0 Å². The van der Waals surface area contributed by atoms with E-state index in [0.717, 1.165) is 23.6 Å². The van der Waals surface area contributed by atoms with Crippen LogP contribution in [0.4, 0.5) is 0 Å². The molecule has 1 atom stereocenters. The van der Waals surface area contributed by atoms with Crippen LogP contribution in [0, 0.1) is 0 Å². The number of rotatable bonds is 5. The van der Waals surface area contributed by atoms with Crippen molar-refractivity contribution in [2.45, 2.75) is 25.9 Å². The number of hydrogen-bond acceptors (Lipinski definition) is 2. The molecule has 0 aliphatic carbocycles. The van der Waals surface area contributed by atoms with Crippen LogP contribution >= 0.6 is 11.6 Å². The fraction of sp³-hybridized carbons (Fsp3) is 0.500. The lowest BCUT2D eigenvalue weighted by Gasteiger charge is -2.26. The summed E-state index contributed by atoms with van der Waals surface area (Å²) in [4.78, 5) is 2.25. The molecule has 0 aliphatic heterocycles. The average molecular weight is 227 g/mol. The minimum Gasteiger partial charge on any atom is -0.329 e. The topological polar surface area (TPSA) is 29.3 Å². The van der Waals surface area contributed by atoms with Crippen LogP contribution < -0.4 is 5.73 Å². The Hall–Kier alpha value is -0.570. The van der Waals surface area contributed by atoms with Crippen molar-refractivity contribution in [3.05, 3.63) is 34.9 Å². The van der Waals surface area contributed by atoms with Crippen molar-refractivity contribution in [3.8, 4) is 0 Å². The Bertz CT molecular complexity index is 297. The van der Waals surface area contributed by atoms with Gasteiger partial charge in [-0.3, -0.25) is 4.90 Å². The van der Waals surface area contributed by atoms with E-state index in [1.54, 1.807) is 0 Å². The van der Waals surface area contributed by atoms with E-state index in [9.17, 15) is 0 Å². The molecular formula is C12H19ClN2. The number of nitrogens with zero attached hydrogens (tertiary/aromatic N) is 1. The van der Waals surface area contributed by atoms with Crippen LogP contribution in [0.1, 0.15) is 18.9 Å². The maximum absolute atomic E-state index is 6.10. The lowest BCUT2D eigenvalue weighted by atomic mass is 10.1. The molecule has 1 unspecified atom stereocenters. The van der Waals surface area contributed by atoms with Crippen molar-refractivity contribution >= 4 is 11.6 Å². The van der Waals surface area contributed by atoms with Gasteiger partial charge in [0.05, 0.1) is 0 Å². The highest BCUT2D eigenvalue weighted by Gasteiger charge is 2.11. The van der Waals surface area contributed by atoms with Crippen LogP contribution in [-0.4, -0.2) is 24.5 Å². The first-order chi connectivity index (χ1) is 7.19. The summed E-state index contributed by atoms with van der Waals surface area (Å²) in [6.45, 7) is 3.70. The van der Waals surface area contributed by atoms with Crippen molar-refractivity contribution in [3.63, 3.8) is 0 Å². The first-order valence-electron chi connectivity index (χ1n) is 5.32. The summed E-state index contributed by atoms with van der Waals surface area (Å²) in [5.41, 5.74) is 6.86. The van der Waals surface area contributed by atoms with Gasteiger partial charge in [-0.25, -0.2) is 0 Å². The number of benzene rings is 1. The summed E-state index contributed by atoms with van der Waals surface area (Å²) in [5, 5.41) is 0.830. The van der Waals surface area contributed by atoms with Gasteiger partial charge in [0.2, 0.25) is 0 Å². The Kier molecular flexibility index (Phi) is 5.09. The smallest absolute Gasteiger partial charge is 0.0451 e. The van der Waals surface area contributed by atoms with Gasteiger partial charge in [0.25, 0.3) is 0 Å². The predicted octanol–water partition coefficient (Wildman–Crippen LogP) is 2.51. The third kappa shape index (κ3) is 3.49. The van der Waals surface area contributed by atoms with E-state index in [2.05, 4.69) is 24.9 Å². The number of nitrogens with two attached hydrogens (primary N) is 1. The summed E-state index contributed by atoms with van der Waals surface area (Å²) in [5.74, 6) is 0. The summed E-state index contributed by atoms with van der Waals surface area (Å²) in [7, 11) is 2.09. The molecule has 0 spiro atoms. The van der Waals surface area contributed by atoms with Crippen LogP contribution in [0.2, 0.25) is 5.02 Å². The van der Waals surface area contributed by atoms with E-state index in [1.807, 2.05) is 18.2 Å². The molecule has 1 rings (SSSR count). The highest BCUT2D eigenvalue weighted by Crippen LogP contribution is 2.17. The number of likely N-dealkylation sites (N-methyl/N-ethyl adjacent to an activating group) is 1. The molecule has 0 saturated heterocycles. The molecule has 0 heterocycles. The minimum absolute atomic E-state index is 0.432. The number of halogens is 1. The Morgan fingerprint density at radius 1 is 1.40 bits per heavy atom. The molecule has 0 fully saturated rings. The van der Waals surface area contributed by atoms with Gasteiger partial charge < -0.3 is 5.73 Å². The zero-order valence-electron chi connectivity index (χ0n) is 9.41. The van der Waals surface area contributed by atoms with Gasteiger partial charge in [0.15, 0.2) is 0 Å². The molecule has 2 N–H and O–H groups in total. The normalized spacial score (nSPS) is 13.1. The van der Waals surface area contributed by atoms with Crippen molar-refractivity contribution in [2.75, 3.05) is 13.6 Å².